The van der Waals surface area contributed by atoms with E-state index in [0.29, 0.717) is 17.9 Å². The fourth-order valence-corrected chi connectivity index (χ4v) is 5.38. The van der Waals surface area contributed by atoms with Crippen molar-refractivity contribution < 1.29 is 4.79 Å². The number of amides is 1. The molecule has 1 aromatic rings. The highest BCUT2D eigenvalue weighted by Gasteiger charge is 2.40. The Hall–Kier alpha value is -0.970. The van der Waals surface area contributed by atoms with E-state index in [9.17, 15) is 4.79 Å². The molecule has 158 valence electrons. The lowest BCUT2D eigenvalue weighted by molar-refractivity contribution is -0.128. The first-order valence-corrected chi connectivity index (χ1v) is 10.5. The first kappa shape index (κ1) is 23.3. The number of rotatable bonds is 4. The highest BCUT2D eigenvalue weighted by Crippen LogP contribution is 2.42. The summed E-state index contributed by atoms with van der Waals surface area (Å²) in [6.07, 6.45) is 8.21. The van der Waals surface area contributed by atoms with Gasteiger partial charge in [0.05, 0.1) is 6.04 Å². The van der Waals surface area contributed by atoms with E-state index in [1.54, 1.807) is 0 Å². The SMILES string of the molecule is CC(NC(=O)C1CC2CCCC(C1)C2N)c1cccc(N2CCCC2)c1.Cl.Cl. The van der Waals surface area contributed by atoms with E-state index in [1.807, 2.05) is 0 Å². The number of nitrogens with two attached hydrogens (primary N) is 1. The lowest BCUT2D eigenvalue weighted by atomic mass is 9.65. The molecule has 28 heavy (non-hydrogen) atoms. The molecule has 3 aliphatic rings. The van der Waals surface area contributed by atoms with Crippen LogP contribution in [0.5, 0.6) is 0 Å². The van der Waals surface area contributed by atoms with E-state index in [1.165, 1.54) is 43.4 Å². The number of benzene rings is 1. The minimum atomic E-state index is 0. The molecular weight excluding hydrogens is 393 g/mol. The van der Waals surface area contributed by atoms with Crippen molar-refractivity contribution >= 4 is 36.4 Å². The van der Waals surface area contributed by atoms with Gasteiger partial charge in [-0.3, -0.25) is 4.79 Å². The van der Waals surface area contributed by atoms with Crippen LogP contribution >= 0.6 is 24.8 Å². The van der Waals surface area contributed by atoms with Crippen LogP contribution in [0, 0.1) is 17.8 Å². The molecule has 3 unspecified atom stereocenters. The van der Waals surface area contributed by atoms with Crippen molar-refractivity contribution in [2.45, 2.75) is 64.0 Å². The predicted octanol–water partition coefficient (Wildman–Crippen LogP) is 4.46. The Morgan fingerprint density at radius 1 is 1.11 bits per heavy atom. The Kier molecular flexibility index (Phi) is 8.47. The molecule has 0 radical (unpaired) electrons. The monoisotopic (exact) mass is 427 g/mol. The fourth-order valence-electron chi connectivity index (χ4n) is 5.38. The molecule has 4 nitrogen and oxygen atoms in total. The molecule has 0 spiro atoms. The van der Waals surface area contributed by atoms with Crippen LogP contribution in [0.4, 0.5) is 5.69 Å². The lowest BCUT2D eigenvalue weighted by Gasteiger charge is -2.43. The Morgan fingerprint density at radius 2 is 1.75 bits per heavy atom. The number of fused-ring (bicyclic) bond motifs is 2. The molecular formula is C22H35Cl2N3O. The number of hydrogen-bond acceptors (Lipinski definition) is 3. The third-order valence-electron chi connectivity index (χ3n) is 6.98. The number of hydrogen-bond donors (Lipinski definition) is 2. The van der Waals surface area contributed by atoms with Gasteiger partial charge in [-0.15, -0.1) is 24.8 Å². The number of anilines is 1. The Balaban J connectivity index is 0.00000140. The second-order valence-electron chi connectivity index (χ2n) is 8.72. The van der Waals surface area contributed by atoms with Crippen molar-refractivity contribution in [1.82, 2.24) is 5.32 Å². The van der Waals surface area contributed by atoms with Gasteiger partial charge in [-0.2, -0.15) is 0 Å². The first-order valence-electron chi connectivity index (χ1n) is 10.5. The molecule has 1 amide bonds. The lowest BCUT2D eigenvalue weighted by Crippen LogP contribution is -2.49. The predicted molar refractivity (Wildman–Crippen MR) is 120 cm³/mol. The summed E-state index contributed by atoms with van der Waals surface area (Å²) in [6, 6.07) is 9.07. The normalized spacial score (nSPS) is 30.0. The molecule has 1 saturated heterocycles. The van der Waals surface area contributed by atoms with Crippen LogP contribution in [0.2, 0.25) is 0 Å². The van der Waals surface area contributed by atoms with Gasteiger partial charge >= 0.3 is 0 Å². The van der Waals surface area contributed by atoms with Gasteiger partial charge in [0.2, 0.25) is 5.91 Å². The number of nitrogens with zero attached hydrogens (tertiary/aromatic N) is 1. The molecule has 3 atom stereocenters. The maximum atomic E-state index is 12.9. The van der Waals surface area contributed by atoms with Gasteiger partial charge in [0.1, 0.15) is 0 Å². The van der Waals surface area contributed by atoms with E-state index in [2.05, 4.69) is 41.4 Å². The minimum Gasteiger partial charge on any atom is -0.372 e. The second-order valence-corrected chi connectivity index (χ2v) is 8.72. The average Bonchev–Trinajstić information content (AvgIpc) is 3.16. The number of carbonyl (C=O) groups is 1. The van der Waals surface area contributed by atoms with Gasteiger partial charge in [0, 0.05) is 30.7 Å². The zero-order valence-electron chi connectivity index (χ0n) is 16.8. The highest BCUT2D eigenvalue weighted by atomic mass is 35.5. The van der Waals surface area contributed by atoms with Crippen LogP contribution in [-0.4, -0.2) is 25.0 Å². The second kappa shape index (κ2) is 10.2. The molecule has 2 saturated carbocycles. The van der Waals surface area contributed by atoms with E-state index >= 15 is 0 Å². The first-order chi connectivity index (χ1) is 12.6. The average molecular weight is 428 g/mol. The van der Waals surface area contributed by atoms with Crippen LogP contribution in [0.3, 0.4) is 0 Å². The van der Waals surface area contributed by atoms with Gasteiger partial charge in [0.15, 0.2) is 0 Å². The molecule has 0 aromatic heterocycles. The summed E-state index contributed by atoms with van der Waals surface area (Å²) in [4.78, 5) is 15.3. The maximum absolute atomic E-state index is 12.9. The van der Waals surface area contributed by atoms with Gasteiger partial charge in [-0.05, 0) is 75.0 Å². The summed E-state index contributed by atoms with van der Waals surface area (Å²) in [5.41, 5.74) is 8.87. The van der Waals surface area contributed by atoms with Gasteiger partial charge in [-0.1, -0.05) is 18.6 Å². The summed E-state index contributed by atoms with van der Waals surface area (Å²) in [6.45, 7) is 4.40. The summed E-state index contributed by atoms with van der Waals surface area (Å²) in [5, 5.41) is 3.29. The molecule has 4 rings (SSSR count). The van der Waals surface area contributed by atoms with Crippen LogP contribution in [0.25, 0.3) is 0 Å². The quantitative estimate of drug-likeness (QED) is 0.745. The Labute approximate surface area is 181 Å². The van der Waals surface area contributed by atoms with Crippen molar-refractivity contribution in [2.75, 3.05) is 18.0 Å². The van der Waals surface area contributed by atoms with Gasteiger partial charge in [0.25, 0.3) is 0 Å². The van der Waals surface area contributed by atoms with E-state index < -0.39 is 0 Å². The molecule has 1 aliphatic heterocycles. The zero-order chi connectivity index (χ0) is 18.1. The van der Waals surface area contributed by atoms with Crippen molar-refractivity contribution in [2.24, 2.45) is 23.5 Å². The van der Waals surface area contributed by atoms with E-state index in [0.717, 1.165) is 25.9 Å². The Bertz CT molecular complexity index is 636. The molecule has 6 heteroatoms. The zero-order valence-corrected chi connectivity index (χ0v) is 18.4. The van der Waals surface area contributed by atoms with Crippen molar-refractivity contribution in [3.8, 4) is 0 Å². The van der Waals surface area contributed by atoms with E-state index in [4.69, 9.17) is 5.73 Å². The van der Waals surface area contributed by atoms with Crippen LogP contribution in [0.1, 0.15) is 63.5 Å². The molecule has 1 heterocycles. The Morgan fingerprint density at radius 3 is 2.39 bits per heavy atom. The smallest absolute Gasteiger partial charge is 0.223 e. The summed E-state index contributed by atoms with van der Waals surface area (Å²) < 4.78 is 0. The largest absolute Gasteiger partial charge is 0.372 e. The van der Waals surface area contributed by atoms with Crippen molar-refractivity contribution in [3.63, 3.8) is 0 Å². The summed E-state index contributed by atoms with van der Waals surface area (Å²) in [5.74, 6) is 1.47. The van der Waals surface area contributed by atoms with Crippen molar-refractivity contribution in [1.29, 1.82) is 0 Å². The number of carbonyl (C=O) groups excluding carboxylic acids is 1. The van der Waals surface area contributed by atoms with Crippen LogP contribution < -0.4 is 16.0 Å². The molecule has 3 N–H and O–H groups in total. The van der Waals surface area contributed by atoms with Gasteiger partial charge < -0.3 is 16.0 Å². The topological polar surface area (TPSA) is 58.4 Å². The van der Waals surface area contributed by atoms with E-state index in [-0.39, 0.29) is 42.7 Å². The summed E-state index contributed by atoms with van der Waals surface area (Å²) >= 11 is 0. The molecule has 2 aliphatic carbocycles. The minimum absolute atomic E-state index is 0. The molecule has 3 fully saturated rings. The molecule has 1 aromatic carbocycles. The molecule has 2 bridgehead atoms. The van der Waals surface area contributed by atoms with Crippen molar-refractivity contribution in [3.05, 3.63) is 29.8 Å². The standard InChI is InChI=1S/C22H33N3O.2ClH/c1-15(16-6-5-9-20(14-16)25-10-2-3-11-25)24-22(26)19-12-17-7-4-8-18(13-19)21(17)23;;/h5-6,9,14-15,17-19,21H,2-4,7-8,10-13,23H2,1H3,(H,24,26);2*1H. The third-order valence-corrected chi connectivity index (χ3v) is 6.98. The highest BCUT2D eigenvalue weighted by molar-refractivity contribution is 5.85. The van der Waals surface area contributed by atoms with Gasteiger partial charge in [-0.25, -0.2) is 0 Å². The maximum Gasteiger partial charge on any atom is 0.223 e. The van der Waals surface area contributed by atoms with Crippen LogP contribution in [-0.2, 0) is 4.79 Å². The number of halogens is 2. The third kappa shape index (κ3) is 4.95. The fraction of sp³-hybridized carbons (Fsp3) is 0.682. The number of nitrogens with one attached hydrogen (secondary N) is 1. The van der Waals surface area contributed by atoms with Crippen LogP contribution in [0.15, 0.2) is 24.3 Å². The summed E-state index contributed by atoms with van der Waals surface area (Å²) in [7, 11) is 0.